The molecule has 1 saturated heterocycles. The molecular formula is C15H25FN2. The molecule has 0 saturated carbocycles. The maximum Gasteiger partial charge on any atom is 0.123 e. The summed E-state index contributed by atoms with van der Waals surface area (Å²) in [4.78, 5) is 4.63. The summed E-state index contributed by atoms with van der Waals surface area (Å²) in [5, 5.41) is 0. The number of rotatable bonds is 2. The van der Waals surface area contributed by atoms with Gasteiger partial charge in [0.05, 0.1) is 0 Å². The first-order chi connectivity index (χ1) is 8.66. The second kappa shape index (κ2) is 7.37. The van der Waals surface area contributed by atoms with Crippen LogP contribution in [-0.4, -0.2) is 38.1 Å². The van der Waals surface area contributed by atoms with Crippen LogP contribution in [0.5, 0.6) is 0 Å². The van der Waals surface area contributed by atoms with Gasteiger partial charge in [-0.1, -0.05) is 13.8 Å². The van der Waals surface area contributed by atoms with Gasteiger partial charge in [-0.05, 0) is 57.2 Å². The molecule has 0 N–H and O–H groups in total. The van der Waals surface area contributed by atoms with E-state index in [4.69, 9.17) is 0 Å². The Labute approximate surface area is 110 Å². The highest BCUT2D eigenvalue weighted by molar-refractivity contribution is 5.46. The number of likely N-dealkylation sites (tertiary alicyclic amines) is 1. The van der Waals surface area contributed by atoms with Crippen molar-refractivity contribution in [2.24, 2.45) is 0 Å². The van der Waals surface area contributed by atoms with E-state index in [0.29, 0.717) is 6.04 Å². The molecule has 102 valence electrons. The lowest BCUT2D eigenvalue weighted by molar-refractivity contribution is 0.253. The molecule has 0 aromatic heterocycles. The zero-order valence-corrected chi connectivity index (χ0v) is 12.0. The standard InChI is InChI=1S/C13H19FN2.C2H6/c1-15-9-7-13(8-10-15)16(2)12-5-3-11(14)4-6-12;1-2/h3-6,13H,7-10H2,1-2H3;1-2H3. The zero-order chi connectivity index (χ0) is 13.5. The Hall–Kier alpha value is -1.09. The van der Waals surface area contributed by atoms with E-state index < -0.39 is 0 Å². The van der Waals surface area contributed by atoms with Crippen LogP contribution in [0.1, 0.15) is 26.7 Å². The molecular weight excluding hydrogens is 227 g/mol. The van der Waals surface area contributed by atoms with E-state index in [-0.39, 0.29) is 5.82 Å². The Balaban J connectivity index is 0.000000771. The van der Waals surface area contributed by atoms with E-state index in [1.54, 1.807) is 0 Å². The average molecular weight is 252 g/mol. The molecule has 0 spiro atoms. The summed E-state index contributed by atoms with van der Waals surface area (Å²) < 4.78 is 12.8. The SMILES string of the molecule is CC.CN1CCC(N(C)c2ccc(F)cc2)CC1. The second-order valence-electron chi connectivity index (χ2n) is 4.62. The van der Waals surface area contributed by atoms with Crippen LogP contribution in [0.15, 0.2) is 24.3 Å². The normalized spacial score (nSPS) is 16.9. The van der Waals surface area contributed by atoms with Gasteiger partial charge in [0, 0.05) is 18.8 Å². The van der Waals surface area contributed by atoms with Gasteiger partial charge in [0.15, 0.2) is 0 Å². The van der Waals surface area contributed by atoms with Gasteiger partial charge in [-0.25, -0.2) is 4.39 Å². The number of nitrogens with zero attached hydrogens (tertiary/aromatic N) is 2. The minimum atomic E-state index is -0.166. The van der Waals surface area contributed by atoms with Gasteiger partial charge in [-0.2, -0.15) is 0 Å². The Morgan fingerprint density at radius 3 is 2.11 bits per heavy atom. The maximum atomic E-state index is 12.8. The lowest BCUT2D eigenvalue weighted by Gasteiger charge is -2.36. The van der Waals surface area contributed by atoms with Crippen molar-refractivity contribution in [1.82, 2.24) is 4.90 Å². The minimum Gasteiger partial charge on any atom is -0.372 e. The van der Waals surface area contributed by atoms with Gasteiger partial charge < -0.3 is 9.80 Å². The van der Waals surface area contributed by atoms with Gasteiger partial charge in [-0.3, -0.25) is 0 Å². The Morgan fingerprint density at radius 2 is 1.61 bits per heavy atom. The third-order valence-electron chi connectivity index (χ3n) is 3.47. The van der Waals surface area contributed by atoms with Crippen LogP contribution >= 0.6 is 0 Å². The van der Waals surface area contributed by atoms with Crippen molar-refractivity contribution in [3.05, 3.63) is 30.1 Å². The lowest BCUT2D eigenvalue weighted by Crippen LogP contribution is -2.41. The van der Waals surface area contributed by atoms with Crippen LogP contribution in [0.25, 0.3) is 0 Å². The Kier molecular flexibility index (Phi) is 6.13. The van der Waals surface area contributed by atoms with E-state index in [9.17, 15) is 4.39 Å². The van der Waals surface area contributed by atoms with Crippen LogP contribution < -0.4 is 4.90 Å². The van der Waals surface area contributed by atoms with Crippen LogP contribution in [0.4, 0.5) is 10.1 Å². The third kappa shape index (κ3) is 3.98. The van der Waals surface area contributed by atoms with Gasteiger partial charge in [0.25, 0.3) is 0 Å². The molecule has 1 aromatic rings. The molecule has 0 radical (unpaired) electrons. The summed E-state index contributed by atoms with van der Waals surface area (Å²) in [7, 11) is 4.26. The fourth-order valence-corrected chi connectivity index (χ4v) is 2.27. The van der Waals surface area contributed by atoms with Gasteiger partial charge in [0.2, 0.25) is 0 Å². The number of halogens is 1. The molecule has 1 heterocycles. The lowest BCUT2D eigenvalue weighted by atomic mass is 10.0. The number of benzene rings is 1. The highest BCUT2D eigenvalue weighted by Gasteiger charge is 2.20. The molecule has 1 aliphatic heterocycles. The highest BCUT2D eigenvalue weighted by Crippen LogP contribution is 2.21. The smallest absolute Gasteiger partial charge is 0.123 e. The Bertz CT molecular complexity index is 329. The first-order valence-electron chi connectivity index (χ1n) is 6.84. The molecule has 1 aromatic carbocycles. The first-order valence-corrected chi connectivity index (χ1v) is 6.84. The van der Waals surface area contributed by atoms with Gasteiger partial charge >= 0.3 is 0 Å². The number of hydrogen-bond acceptors (Lipinski definition) is 2. The summed E-state index contributed by atoms with van der Waals surface area (Å²) in [6, 6.07) is 7.35. The molecule has 3 heteroatoms. The van der Waals surface area contributed by atoms with Gasteiger partial charge in [-0.15, -0.1) is 0 Å². The predicted molar refractivity (Wildman–Crippen MR) is 76.7 cm³/mol. The number of piperidine rings is 1. The number of hydrogen-bond donors (Lipinski definition) is 0. The minimum absolute atomic E-state index is 0.166. The monoisotopic (exact) mass is 252 g/mol. The summed E-state index contributed by atoms with van der Waals surface area (Å²) >= 11 is 0. The quantitative estimate of drug-likeness (QED) is 0.796. The first kappa shape index (κ1) is 15.0. The van der Waals surface area contributed by atoms with E-state index in [0.717, 1.165) is 18.8 Å². The molecule has 0 aliphatic carbocycles. The molecule has 0 amide bonds. The van der Waals surface area contributed by atoms with Crippen molar-refractivity contribution in [2.75, 3.05) is 32.1 Å². The summed E-state index contributed by atoms with van der Waals surface area (Å²) in [5.41, 5.74) is 1.11. The van der Waals surface area contributed by atoms with Crippen molar-refractivity contribution < 1.29 is 4.39 Å². The van der Waals surface area contributed by atoms with Crippen LogP contribution in [0.2, 0.25) is 0 Å². The predicted octanol–water partition coefficient (Wildman–Crippen LogP) is 3.38. The van der Waals surface area contributed by atoms with Crippen LogP contribution in [0.3, 0.4) is 0 Å². The largest absolute Gasteiger partial charge is 0.372 e. The van der Waals surface area contributed by atoms with Crippen LogP contribution in [0, 0.1) is 5.82 Å². The molecule has 2 rings (SSSR count). The molecule has 18 heavy (non-hydrogen) atoms. The zero-order valence-electron chi connectivity index (χ0n) is 12.0. The topological polar surface area (TPSA) is 6.48 Å². The van der Waals surface area contributed by atoms with Crippen molar-refractivity contribution in [2.45, 2.75) is 32.7 Å². The molecule has 1 aliphatic rings. The van der Waals surface area contributed by atoms with Crippen molar-refractivity contribution in [1.29, 1.82) is 0 Å². The Morgan fingerprint density at radius 1 is 1.11 bits per heavy atom. The van der Waals surface area contributed by atoms with Crippen molar-refractivity contribution >= 4 is 5.69 Å². The van der Waals surface area contributed by atoms with Crippen molar-refractivity contribution in [3.8, 4) is 0 Å². The summed E-state index contributed by atoms with van der Waals surface area (Å²) in [5.74, 6) is -0.166. The molecule has 2 nitrogen and oxygen atoms in total. The summed E-state index contributed by atoms with van der Waals surface area (Å²) in [6.07, 6.45) is 2.37. The fourth-order valence-electron chi connectivity index (χ4n) is 2.27. The summed E-state index contributed by atoms with van der Waals surface area (Å²) in [6.45, 7) is 6.30. The second-order valence-corrected chi connectivity index (χ2v) is 4.62. The van der Waals surface area contributed by atoms with Gasteiger partial charge in [0.1, 0.15) is 5.82 Å². The molecule has 0 bridgehead atoms. The average Bonchev–Trinajstić information content (AvgIpc) is 2.42. The van der Waals surface area contributed by atoms with E-state index in [1.165, 1.54) is 25.0 Å². The fraction of sp³-hybridized carbons (Fsp3) is 0.600. The molecule has 0 atom stereocenters. The van der Waals surface area contributed by atoms with Crippen LogP contribution in [-0.2, 0) is 0 Å². The van der Waals surface area contributed by atoms with Crippen molar-refractivity contribution in [3.63, 3.8) is 0 Å². The maximum absolute atomic E-state index is 12.8. The number of anilines is 1. The van der Waals surface area contributed by atoms with E-state index >= 15 is 0 Å². The highest BCUT2D eigenvalue weighted by atomic mass is 19.1. The van der Waals surface area contributed by atoms with E-state index in [1.807, 2.05) is 26.0 Å². The van der Waals surface area contributed by atoms with E-state index in [2.05, 4.69) is 23.9 Å². The third-order valence-corrected chi connectivity index (χ3v) is 3.47. The molecule has 0 unspecified atom stereocenters. The molecule has 1 fully saturated rings.